The van der Waals surface area contributed by atoms with Crippen LogP contribution in [0.5, 0.6) is 0 Å². The summed E-state index contributed by atoms with van der Waals surface area (Å²) in [5.41, 5.74) is 0.785. The van der Waals surface area contributed by atoms with E-state index in [1.54, 1.807) is 19.0 Å². The van der Waals surface area contributed by atoms with Crippen molar-refractivity contribution in [1.82, 2.24) is 4.90 Å². The van der Waals surface area contributed by atoms with Crippen molar-refractivity contribution in [2.24, 2.45) is 5.92 Å². The summed E-state index contributed by atoms with van der Waals surface area (Å²) in [5.74, 6) is 0.337. The SMILES string of the molecule is CC.CC(C)CCCCOCCN(C)C(=O)CC(=O)N(C)c1ccccc1. The Labute approximate surface area is 165 Å². The first-order chi connectivity index (χ1) is 12.9. The lowest BCUT2D eigenvalue weighted by molar-refractivity contribution is -0.134. The number of ether oxygens (including phenoxy) is 1. The van der Waals surface area contributed by atoms with Crippen molar-refractivity contribution >= 4 is 17.5 Å². The van der Waals surface area contributed by atoms with Gasteiger partial charge in [0.25, 0.3) is 0 Å². The van der Waals surface area contributed by atoms with Crippen molar-refractivity contribution in [3.05, 3.63) is 30.3 Å². The smallest absolute Gasteiger partial charge is 0.236 e. The molecule has 154 valence electrons. The van der Waals surface area contributed by atoms with Gasteiger partial charge in [-0.15, -0.1) is 0 Å². The van der Waals surface area contributed by atoms with Gasteiger partial charge in [-0.05, 0) is 24.5 Å². The zero-order valence-corrected chi connectivity index (χ0v) is 18.0. The van der Waals surface area contributed by atoms with Gasteiger partial charge >= 0.3 is 0 Å². The van der Waals surface area contributed by atoms with E-state index in [4.69, 9.17) is 4.74 Å². The third kappa shape index (κ3) is 11.4. The monoisotopic (exact) mass is 378 g/mol. The maximum Gasteiger partial charge on any atom is 0.236 e. The maximum absolute atomic E-state index is 12.2. The van der Waals surface area contributed by atoms with E-state index in [0.717, 1.165) is 24.6 Å². The van der Waals surface area contributed by atoms with Crippen molar-refractivity contribution in [2.75, 3.05) is 38.8 Å². The number of carbonyl (C=O) groups is 2. The average Bonchev–Trinajstić information content (AvgIpc) is 2.68. The second kappa shape index (κ2) is 15.2. The normalized spacial score (nSPS) is 10.2. The van der Waals surface area contributed by atoms with E-state index in [1.165, 1.54) is 17.7 Å². The number of nitrogens with zero attached hydrogens (tertiary/aromatic N) is 2. The molecule has 1 aromatic rings. The molecule has 0 fully saturated rings. The van der Waals surface area contributed by atoms with Crippen molar-refractivity contribution in [3.8, 4) is 0 Å². The number of rotatable bonds is 11. The Morgan fingerprint density at radius 2 is 1.59 bits per heavy atom. The van der Waals surface area contributed by atoms with Crippen molar-refractivity contribution in [1.29, 1.82) is 0 Å². The van der Waals surface area contributed by atoms with Crippen molar-refractivity contribution < 1.29 is 14.3 Å². The fraction of sp³-hybridized carbons (Fsp3) is 0.636. The van der Waals surface area contributed by atoms with Crippen LogP contribution in [-0.4, -0.2) is 50.6 Å². The number of carbonyl (C=O) groups excluding carboxylic acids is 2. The molecule has 0 N–H and O–H groups in total. The maximum atomic E-state index is 12.2. The molecular formula is C22H38N2O3. The topological polar surface area (TPSA) is 49.9 Å². The standard InChI is InChI=1S/C20H32N2O3.C2H6/c1-17(2)10-8-9-14-25-15-13-21(3)19(23)16-20(24)22(4)18-11-6-5-7-12-18;1-2/h5-7,11-12,17H,8-10,13-16H2,1-4H3;1-2H3. The lowest BCUT2D eigenvalue weighted by atomic mass is 10.1. The Balaban J connectivity index is 0.00000326. The molecule has 0 atom stereocenters. The van der Waals surface area contributed by atoms with Crippen LogP contribution in [0.4, 0.5) is 5.69 Å². The largest absolute Gasteiger partial charge is 0.380 e. The molecule has 0 spiro atoms. The number of para-hydroxylation sites is 1. The van der Waals surface area contributed by atoms with E-state index in [1.807, 2.05) is 44.2 Å². The van der Waals surface area contributed by atoms with Gasteiger partial charge in [0.05, 0.1) is 6.61 Å². The number of benzene rings is 1. The molecule has 0 bridgehead atoms. The molecular weight excluding hydrogens is 340 g/mol. The van der Waals surface area contributed by atoms with Crippen molar-refractivity contribution in [3.63, 3.8) is 0 Å². The van der Waals surface area contributed by atoms with Gasteiger partial charge in [-0.2, -0.15) is 0 Å². The highest BCUT2D eigenvalue weighted by Crippen LogP contribution is 2.12. The second-order valence-electron chi connectivity index (χ2n) is 6.78. The Morgan fingerprint density at radius 1 is 0.963 bits per heavy atom. The summed E-state index contributed by atoms with van der Waals surface area (Å²) in [7, 11) is 3.39. The lowest BCUT2D eigenvalue weighted by Gasteiger charge is -2.20. The Kier molecular flexibility index (Phi) is 14.1. The minimum Gasteiger partial charge on any atom is -0.380 e. The minimum atomic E-state index is -0.211. The molecule has 0 heterocycles. The zero-order valence-electron chi connectivity index (χ0n) is 18.0. The summed E-state index contributed by atoms with van der Waals surface area (Å²) in [6.45, 7) is 10.2. The Morgan fingerprint density at radius 3 is 2.19 bits per heavy atom. The van der Waals surface area contributed by atoms with Crippen molar-refractivity contribution in [2.45, 2.75) is 53.4 Å². The summed E-state index contributed by atoms with van der Waals surface area (Å²) in [4.78, 5) is 27.4. The molecule has 5 heteroatoms. The van der Waals surface area contributed by atoms with E-state index in [2.05, 4.69) is 13.8 Å². The molecule has 27 heavy (non-hydrogen) atoms. The van der Waals surface area contributed by atoms with Crippen LogP contribution < -0.4 is 4.90 Å². The third-order valence-corrected chi connectivity index (χ3v) is 4.14. The minimum absolute atomic E-state index is 0.129. The Hall–Kier alpha value is -1.88. The van der Waals surface area contributed by atoms with Gasteiger partial charge in [-0.25, -0.2) is 0 Å². The molecule has 5 nitrogen and oxygen atoms in total. The molecule has 1 aromatic carbocycles. The first-order valence-corrected chi connectivity index (χ1v) is 10.0. The van der Waals surface area contributed by atoms with Crippen LogP contribution in [0.25, 0.3) is 0 Å². The Bertz CT molecular complexity index is 518. The quantitative estimate of drug-likeness (QED) is 0.424. The predicted octanol–water partition coefficient (Wildman–Crippen LogP) is 4.37. The number of unbranched alkanes of at least 4 members (excludes halogenated alkanes) is 1. The molecule has 0 radical (unpaired) electrons. The summed E-state index contributed by atoms with van der Waals surface area (Å²) in [6, 6.07) is 9.32. The van der Waals surface area contributed by atoms with E-state index >= 15 is 0 Å². The molecule has 0 saturated carbocycles. The number of amides is 2. The van der Waals surface area contributed by atoms with E-state index < -0.39 is 0 Å². The van der Waals surface area contributed by atoms with Crippen LogP contribution in [0, 0.1) is 5.92 Å². The van der Waals surface area contributed by atoms with E-state index in [0.29, 0.717) is 13.2 Å². The second-order valence-corrected chi connectivity index (χ2v) is 6.78. The zero-order chi connectivity index (χ0) is 20.7. The van der Waals surface area contributed by atoms with Crippen LogP contribution in [0.3, 0.4) is 0 Å². The molecule has 1 rings (SSSR count). The van der Waals surface area contributed by atoms with Gasteiger partial charge in [0.2, 0.25) is 11.8 Å². The van der Waals surface area contributed by atoms with Gasteiger partial charge < -0.3 is 14.5 Å². The van der Waals surface area contributed by atoms with Crippen LogP contribution in [0.1, 0.15) is 53.4 Å². The molecule has 2 amide bonds. The molecule has 0 aliphatic rings. The van der Waals surface area contributed by atoms with E-state index in [-0.39, 0.29) is 18.2 Å². The summed E-state index contributed by atoms with van der Waals surface area (Å²) in [6.07, 6.45) is 3.32. The van der Waals surface area contributed by atoms with Gasteiger partial charge in [0.1, 0.15) is 6.42 Å². The van der Waals surface area contributed by atoms with Crippen LogP contribution in [-0.2, 0) is 14.3 Å². The summed E-state index contributed by atoms with van der Waals surface area (Å²) < 4.78 is 5.57. The van der Waals surface area contributed by atoms with Gasteiger partial charge in [0, 0.05) is 32.9 Å². The number of likely N-dealkylation sites (N-methyl/N-ethyl adjacent to an activating group) is 1. The molecule has 0 aliphatic heterocycles. The molecule has 0 unspecified atom stereocenters. The highest BCUT2D eigenvalue weighted by Gasteiger charge is 2.18. The fourth-order valence-corrected chi connectivity index (χ4v) is 2.36. The number of anilines is 1. The van der Waals surface area contributed by atoms with Crippen LogP contribution in [0.2, 0.25) is 0 Å². The van der Waals surface area contributed by atoms with Gasteiger partial charge in [0.15, 0.2) is 0 Å². The fourth-order valence-electron chi connectivity index (χ4n) is 2.36. The highest BCUT2D eigenvalue weighted by molar-refractivity contribution is 6.04. The third-order valence-electron chi connectivity index (χ3n) is 4.14. The molecule has 0 aliphatic carbocycles. The van der Waals surface area contributed by atoms with Gasteiger partial charge in [-0.1, -0.05) is 58.7 Å². The predicted molar refractivity (Wildman–Crippen MR) is 113 cm³/mol. The molecule has 0 aromatic heterocycles. The highest BCUT2D eigenvalue weighted by atomic mass is 16.5. The lowest BCUT2D eigenvalue weighted by Crippen LogP contribution is -2.36. The first-order valence-electron chi connectivity index (χ1n) is 10.0. The summed E-state index contributed by atoms with van der Waals surface area (Å²) >= 11 is 0. The number of hydrogen-bond acceptors (Lipinski definition) is 3. The molecule has 0 saturated heterocycles. The first kappa shape index (κ1) is 25.1. The van der Waals surface area contributed by atoms with Gasteiger partial charge in [-0.3, -0.25) is 9.59 Å². The average molecular weight is 379 g/mol. The van der Waals surface area contributed by atoms with E-state index in [9.17, 15) is 9.59 Å². The van der Waals surface area contributed by atoms with Crippen LogP contribution >= 0.6 is 0 Å². The number of hydrogen-bond donors (Lipinski definition) is 0. The summed E-state index contributed by atoms with van der Waals surface area (Å²) in [5, 5.41) is 0. The van der Waals surface area contributed by atoms with Crippen LogP contribution in [0.15, 0.2) is 30.3 Å².